The summed E-state index contributed by atoms with van der Waals surface area (Å²) in [6.45, 7) is 0.579. The summed E-state index contributed by atoms with van der Waals surface area (Å²) in [5.41, 5.74) is 1.07. The minimum atomic E-state index is -0.659. The maximum atomic E-state index is 12.2. The van der Waals surface area contributed by atoms with Crippen LogP contribution in [-0.4, -0.2) is 46.3 Å². The largest absolute Gasteiger partial charge is 0.388 e. The minimum absolute atomic E-state index is 0.253. The van der Waals surface area contributed by atoms with E-state index in [9.17, 15) is 9.90 Å². The molecule has 6 nitrogen and oxygen atoms in total. The van der Waals surface area contributed by atoms with Crippen LogP contribution in [0.25, 0.3) is 10.9 Å². The van der Waals surface area contributed by atoms with Crippen LogP contribution in [0.15, 0.2) is 30.7 Å². The molecule has 3 rings (SSSR count). The molecular formula is C13H13N3O3. The maximum absolute atomic E-state index is 12.2. The van der Waals surface area contributed by atoms with Crippen LogP contribution in [0.3, 0.4) is 0 Å². The number of benzene rings is 1. The van der Waals surface area contributed by atoms with Crippen molar-refractivity contribution >= 4 is 16.8 Å². The summed E-state index contributed by atoms with van der Waals surface area (Å²) in [6, 6.07) is 4.96. The van der Waals surface area contributed by atoms with E-state index in [2.05, 4.69) is 15.3 Å². The van der Waals surface area contributed by atoms with E-state index in [0.717, 1.165) is 5.39 Å². The lowest BCUT2D eigenvalue weighted by Crippen LogP contribution is -2.42. The average Bonchev–Trinajstić information content (AvgIpc) is 2.83. The number of rotatable bonds is 2. The lowest BCUT2D eigenvalue weighted by atomic mass is 10.1. The number of nitrogens with one attached hydrogen (secondary N) is 1. The summed E-state index contributed by atoms with van der Waals surface area (Å²) in [5, 5.41) is 13.2. The van der Waals surface area contributed by atoms with E-state index >= 15 is 0 Å². The second-order valence-electron chi connectivity index (χ2n) is 4.45. The molecule has 0 radical (unpaired) electrons. The van der Waals surface area contributed by atoms with Gasteiger partial charge in [-0.15, -0.1) is 0 Å². The van der Waals surface area contributed by atoms with Gasteiger partial charge in [-0.05, 0) is 6.07 Å². The van der Waals surface area contributed by atoms with Crippen molar-refractivity contribution < 1.29 is 14.6 Å². The van der Waals surface area contributed by atoms with Crippen LogP contribution < -0.4 is 5.32 Å². The highest BCUT2D eigenvalue weighted by Crippen LogP contribution is 2.15. The Bertz CT molecular complexity index is 612. The van der Waals surface area contributed by atoms with Crippen LogP contribution in [0, 0.1) is 0 Å². The smallest absolute Gasteiger partial charge is 0.253 e. The molecule has 2 heterocycles. The van der Waals surface area contributed by atoms with Gasteiger partial charge < -0.3 is 15.2 Å². The van der Waals surface area contributed by atoms with Crippen LogP contribution in [0.2, 0.25) is 0 Å². The van der Waals surface area contributed by atoms with E-state index in [-0.39, 0.29) is 18.6 Å². The van der Waals surface area contributed by atoms with Gasteiger partial charge >= 0.3 is 0 Å². The van der Waals surface area contributed by atoms with Crippen molar-refractivity contribution in [1.29, 1.82) is 0 Å². The van der Waals surface area contributed by atoms with Gasteiger partial charge in [0.25, 0.3) is 5.91 Å². The molecule has 1 aromatic carbocycles. The zero-order valence-corrected chi connectivity index (χ0v) is 10.1. The van der Waals surface area contributed by atoms with Gasteiger partial charge in [0.1, 0.15) is 6.33 Å². The van der Waals surface area contributed by atoms with Crippen molar-refractivity contribution in [3.8, 4) is 0 Å². The van der Waals surface area contributed by atoms with Crippen molar-refractivity contribution in [1.82, 2.24) is 15.3 Å². The molecule has 0 aliphatic carbocycles. The second-order valence-corrected chi connectivity index (χ2v) is 4.45. The zero-order valence-electron chi connectivity index (χ0n) is 10.1. The first-order valence-corrected chi connectivity index (χ1v) is 6.01. The number of aliphatic hydroxyl groups is 1. The lowest BCUT2D eigenvalue weighted by molar-refractivity contribution is 0.0888. The summed E-state index contributed by atoms with van der Waals surface area (Å²) in [7, 11) is 0. The van der Waals surface area contributed by atoms with Gasteiger partial charge in [-0.1, -0.05) is 12.1 Å². The van der Waals surface area contributed by atoms with Crippen LogP contribution in [0.4, 0.5) is 0 Å². The maximum Gasteiger partial charge on any atom is 0.253 e. The van der Waals surface area contributed by atoms with Gasteiger partial charge in [0.05, 0.1) is 36.4 Å². The normalized spacial score (nSPS) is 22.6. The SMILES string of the molecule is O=C(N[C@@H]1COC[C@H]1O)c1cccc2cncnc12. The van der Waals surface area contributed by atoms with Crippen molar-refractivity contribution in [3.05, 3.63) is 36.3 Å². The Hall–Kier alpha value is -2.05. The quantitative estimate of drug-likeness (QED) is 0.800. The monoisotopic (exact) mass is 259 g/mol. The first kappa shape index (κ1) is 12.0. The molecule has 19 heavy (non-hydrogen) atoms. The highest BCUT2D eigenvalue weighted by molar-refractivity contribution is 6.05. The molecule has 1 amide bonds. The van der Waals surface area contributed by atoms with E-state index in [4.69, 9.17) is 4.74 Å². The third-order valence-corrected chi connectivity index (χ3v) is 3.15. The number of carbonyl (C=O) groups excluding carboxylic acids is 1. The molecule has 1 fully saturated rings. The van der Waals surface area contributed by atoms with Gasteiger partial charge in [-0.25, -0.2) is 9.97 Å². The van der Waals surface area contributed by atoms with Crippen molar-refractivity contribution in [2.45, 2.75) is 12.1 Å². The first-order valence-electron chi connectivity index (χ1n) is 6.01. The van der Waals surface area contributed by atoms with Crippen LogP contribution in [0.5, 0.6) is 0 Å². The highest BCUT2D eigenvalue weighted by Gasteiger charge is 2.28. The lowest BCUT2D eigenvalue weighted by Gasteiger charge is -2.15. The van der Waals surface area contributed by atoms with Gasteiger partial charge in [0.15, 0.2) is 0 Å². The number of hydrogen-bond donors (Lipinski definition) is 2. The standard InChI is InChI=1S/C13H13N3O3/c17-11-6-19-5-10(11)16-13(18)9-3-1-2-8-4-14-7-15-12(8)9/h1-4,7,10-11,17H,5-6H2,(H,16,18)/t10-,11-/m1/s1. The van der Waals surface area contributed by atoms with E-state index in [1.54, 1.807) is 18.3 Å². The van der Waals surface area contributed by atoms with Crippen molar-refractivity contribution in [2.75, 3.05) is 13.2 Å². The number of nitrogens with zero attached hydrogens (tertiary/aromatic N) is 2. The number of amides is 1. The van der Waals surface area contributed by atoms with Crippen LogP contribution in [0.1, 0.15) is 10.4 Å². The number of aliphatic hydroxyl groups excluding tert-OH is 1. The van der Waals surface area contributed by atoms with E-state index in [0.29, 0.717) is 17.7 Å². The highest BCUT2D eigenvalue weighted by atomic mass is 16.5. The number of para-hydroxylation sites is 1. The molecule has 2 N–H and O–H groups in total. The molecule has 1 aliphatic heterocycles. The summed E-state index contributed by atoms with van der Waals surface area (Å²) < 4.78 is 5.10. The molecule has 0 saturated carbocycles. The molecule has 2 atom stereocenters. The molecule has 0 bridgehead atoms. The predicted molar refractivity (Wildman–Crippen MR) is 67.6 cm³/mol. The summed E-state index contributed by atoms with van der Waals surface area (Å²) >= 11 is 0. The molecule has 1 aromatic heterocycles. The first-order chi connectivity index (χ1) is 9.25. The van der Waals surface area contributed by atoms with E-state index < -0.39 is 6.10 Å². The van der Waals surface area contributed by atoms with Crippen molar-refractivity contribution in [2.24, 2.45) is 0 Å². The Morgan fingerprint density at radius 3 is 3.11 bits per heavy atom. The zero-order chi connectivity index (χ0) is 13.2. The molecule has 0 unspecified atom stereocenters. The molecule has 2 aromatic rings. The number of ether oxygens (including phenoxy) is 1. The predicted octanol–water partition coefficient (Wildman–Crippen LogP) is 0.119. The Morgan fingerprint density at radius 2 is 2.32 bits per heavy atom. The molecule has 98 valence electrons. The Kier molecular flexibility index (Phi) is 3.10. The third-order valence-electron chi connectivity index (χ3n) is 3.15. The van der Waals surface area contributed by atoms with Crippen LogP contribution >= 0.6 is 0 Å². The van der Waals surface area contributed by atoms with Crippen LogP contribution in [-0.2, 0) is 4.74 Å². The minimum Gasteiger partial charge on any atom is -0.388 e. The fourth-order valence-electron chi connectivity index (χ4n) is 2.12. The van der Waals surface area contributed by atoms with Gasteiger partial charge in [-0.2, -0.15) is 0 Å². The van der Waals surface area contributed by atoms with Crippen molar-refractivity contribution in [3.63, 3.8) is 0 Å². The third kappa shape index (κ3) is 2.27. The molecule has 0 spiro atoms. The summed E-state index contributed by atoms with van der Waals surface area (Å²) in [6.07, 6.45) is 2.41. The topological polar surface area (TPSA) is 84.3 Å². The molecule has 6 heteroatoms. The van der Waals surface area contributed by atoms with E-state index in [1.165, 1.54) is 6.33 Å². The number of aromatic nitrogens is 2. The van der Waals surface area contributed by atoms with Gasteiger partial charge in [0, 0.05) is 11.6 Å². The molecule has 1 aliphatic rings. The van der Waals surface area contributed by atoms with Gasteiger partial charge in [0.2, 0.25) is 0 Å². The number of carbonyl (C=O) groups is 1. The molecule has 1 saturated heterocycles. The molecular weight excluding hydrogens is 246 g/mol. The fraction of sp³-hybridized carbons (Fsp3) is 0.308. The number of hydrogen-bond acceptors (Lipinski definition) is 5. The van der Waals surface area contributed by atoms with Gasteiger partial charge in [-0.3, -0.25) is 4.79 Å². The fourth-order valence-corrected chi connectivity index (χ4v) is 2.12. The van der Waals surface area contributed by atoms with E-state index in [1.807, 2.05) is 6.07 Å². The Balaban J connectivity index is 1.89. The Morgan fingerprint density at radius 1 is 1.42 bits per heavy atom. The average molecular weight is 259 g/mol. The Labute approximate surface area is 109 Å². The summed E-state index contributed by atoms with van der Waals surface area (Å²) in [5.74, 6) is -0.265. The summed E-state index contributed by atoms with van der Waals surface area (Å²) in [4.78, 5) is 20.3. The number of fused-ring (bicyclic) bond motifs is 1. The second kappa shape index (κ2) is 4.91.